The van der Waals surface area contributed by atoms with Crippen LogP contribution in [0.2, 0.25) is 0 Å². The number of hydrogen-bond acceptors (Lipinski definition) is 7. The fourth-order valence-corrected chi connectivity index (χ4v) is 4.31. The van der Waals surface area contributed by atoms with E-state index < -0.39 is 0 Å². The number of aryl methyl sites for hydroxylation is 1. The molecule has 0 unspecified atom stereocenters. The molecule has 3 N–H and O–H groups in total. The van der Waals surface area contributed by atoms with Crippen LogP contribution in [0.15, 0.2) is 34.9 Å². The Morgan fingerprint density at radius 2 is 2.00 bits per heavy atom. The highest BCUT2D eigenvalue weighted by Crippen LogP contribution is 2.31. The van der Waals surface area contributed by atoms with E-state index in [9.17, 15) is 4.79 Å². The first kappa shape index (κ1) is 18.1. The van der Waals surface area contributed by atoms with Crippen LogP contribution in [-0.4, -0.2) is 35.4 Å². The number of Topliss-reactive ketones (excluding diaryl/α,β-unsaturated/α-hetero) is 1. The molecule has 0 bridgehead atoms. The van der Waals surface area contributed by atoms with E-state index >= 15 is 0 Å². The minimum absolute atomic E-state index is 0.315. The molecule has 29 heavy (non-hydrogen) atoms. The van der Waals surface area contributed by atoms with Crippen LogP contribution in [0.4, 0.5) is 17.5 Å². The standard InChI is InChI=1S/C22H25N5O2/c23-13-14-5-8-27(9-6-14)21-20-19(7-10-29-20)25-22(26-21)24-17-3-1-16-12-18(28)4-2-15(16)11-17/h1,3,7,10-11,14H,2,4-6,8-9,12-13,23H2,(H,24,25,26). The third kappa shape index (κ3) is 3.58. The molecular weight excluding hydrogens is 366 g/mol. The van der Waals surface area contributed by atoms with Crippen molar-refractivity contribution in [1.82, 2.24) is 9.97 Å². The minimum Gasteiger partial charge on any atom is -0.459 e. The maximum absolute atomic E-state index is 11.7. The Balaban J connectivity index is 1.43. The topological polar surface area (TPSA) is 97.3 Å². The summed E-state index contributed by atoms with van der Waals surface area (Å²) in [5.41, 5.74) is 10.6. The number of ketones is 1. The Labute approximate surface area is 169 Å². The van der Waals surface area contributed by atoms with Gasteiger partial charge in [0.2, 0.25) is 5.95 Å². The van der Waals surface area contributed by atoms with Crippen molar-refractivity contribution in [1.29, 1.82) is 0 Å². The Morgan fingerprint density at radius 3 is 2.83 bits per heavy atom. The molecule has 0 amide bonds. The van der Waals surface area contributed by atoms with Gasteiger partial charge in [0, 0.05) is 37.7 Å². The van der Waals surface area contributed by atoms with Crippen LogP contribution in [0.25, 0.3) is 11.1 Å². The maximum atomic E-state index is 11.7. The SMILES string of the molecule is NCC1CCN(c2nc(Nc3ccc4c(c3)CCC(=O)C4)nc3ccoc23)CC1. The van der Waals surface area contributed by atoms with Gasteiger partial charge in [0.1, 0.15) is 11.3 Å². The fourth-order valence-electron chi connectivity index (χ4n) is 4.31. The van der Waals surface area contributed by atoms with Gasteiger partial charge < -0.3 is 20.4 Å². The molecule has 1 aromatic carbocycles. The van der Waals surface area contributed by atoms with Crippen LogP contribution in [0, 0.1) is 5.92 Å². The Bertz CT molecular complexity index is 1050. The van der Waals surface area contributed by atoms with Gasteiger partial charge in [-0.1, -0.05) is 6.07 Å². The third-order valence-corrected chi connectivity index (χ3v) is 6.06. The van der Waals surface area contributed by atoms with Gasteiger partial charge in [-0.2, -0.15) is 4.98 Å². The first-order valence-electron chi connectivity index (χ1n) is 10.3. The number of hydrogen-bond donors (Lipinski definition) is 2. The third-order valence-electron chi connectivity index (χ3n) is 6.06. The number of furan rings is 1. The number of aromatic nitrogens is 2. The van der Waals surface area contributed by atoms with E-state index in [1.165, 1.54) is 5.56 Å². The highest BCUT2D eigenvalue weighted by atomic mass is 16.3. The van der Waals surface area contributed by atoms with E-state index in [0.717, 1.165) is 67.1 Å². The van der Waals surface area contributed by atoms with Gasteiger partial charge in [0.25, 0.3) is 0 Å². The first-order valence-corrected chi connectivity index (χ1v) is 10.3. The van der Waals surface area contributed by atoms with E-state index in [4.69, 9.17) is 15.1 Å². The monoisotopic (exact) mass is 391 g/mol. The Hall–Kier alpha value is -2.93. The molecule has 2 aliphatic rings. The second kappa shape index (κ2) is 7.48. The molecule has 0 radical (unpaired) electrons. The molecule has 1 saturated heterocycles. The number of benzene rings is 1. The maximum Gasteiger partial charge on any atom is 0.229 e. The summed E-state index contributed by atoms with van der Waals surface area (Å²) in [6.45, 7) is 2.58. The van der Waals surface area contributed by atoms with Gasteiger partial charge in [0.15, 0.2) is 11.4 Å². The predicted octanol–water partition coefficient (Wildman–Crippen LogP) is 3.20. The lowest BCUT2D eigenvalue weighted by Gasteiger charge is -2.32. The molecule has 1 aliphatic heterocycles. The number of carbonyl (C=O) groups is 1. The number of piperidine rings is 1. The van der Waals surface area contributed by atoms with E-state index in [1.54, 1.807) is 6.26 Å². The number of rotatable bonds is 4. The van der Waals surface area contributed by atoms with Crippen molar-refractivity contribution >= 4 is 34.3 Å². The molecule has 0 saturated carbocycles. The number of fused-ring (bicyclic) bond motifs is 2. The largest absolute Gasteiger partial charge is 0.459 e. The van der Waals surface area contributed by atoms with Crippen molar-refractivity contribution in [2.24, 2.45) is 11.7 Å². The average molecular weight is 391 g/mol. The number of carbonyl (C=O) groups excluding carboxylic acids is 1. The van der Waals surface area contributed by atoms with E-state index in [-0.39, 0.29) is 0 Å². The number of anilines is 3. The zero-order chi connectivity index (χ0) is 19.8. The van der Waals surface area contributed by atoms with Crippen molar-refractivity contribution in [2.45, 2.75) is 32.1 Å². The van der Waals surface area contributed by atoms with Gasteiger partial charge in [-0.05, 0) is 55.0 Å². The summed E-state index contributed by atoms with van der Waals surface area (Å²) in [7, 11) is 0. The van der Waals surface area contributed by atoms with Crippen LogP contribution in [0.3, 0.4) is 0 Å². The van der Waals surface area contributed by atoms with Crippen LogP contribution in [0.5, 0.6) is 0 Å². The van der Waals surface area contributed by atoms with Crippen molar-refractivity contribution in [3.8, 4) is 0 Å². The van der Waals surface area contributed by atoms with Gasteiger partial charge in [-0.3, -0.25) is 4.79 Å². The Kier molecular flexibility index (Phi) is 4.67. The molecule has 1 aliphatic carbocycles. The summed E-state index contributed by atoms with van der Waals surface area (Å²) >= 11 is 0. The number of nitrogens with one attached hydrogen (secondary N) is 1. The Morgan fingerprint density at radius 1 is 1.14 bits per heavy atom. The van der Waals surface area contributed by atoms with Crippen molar-refractivity contribution in [3.63, 3.8) is 0 Å². The van der Waals surface area contributed by atoms with Crippen molar-refractivity contribution < 1.29 is 9.21 Å². The highest BCUT2D eigenvalue weighted by Gasteiger charge is 2.23. The second-order valence-corrected chi connectivity index (χ2v) is 8.00. The highest BCUT2D eigenvalue weighted by molar-refractivity contribution is 5.86. The molecule has 150 valence electrons. The summed E-state index contributed by atoms with van der Waals surface area (Å²) in [4.78, 5) is 23.4. The van der Waals surface area contributed by atoms with Crippen LogP contribution in [-0.2, 0) is 17.6 Å². The molecule has 2 aromatic heterocycles. The summed E-state index contributed by atoms with van der Waals surface area (Å²) < 4.78 is 5.69. The van der Waals surface area contributed by atoms with Gasteiger partial charge in [0.05, 0.1) is 6.26 Å². The van der Waals surface area contributed by atoms with Gasteiger partial charge >= 0.3 is 0 Å². The second-order valence-electron chi connectivity index (χ2n) is 8.00. The lowest BCUT2D eigenvalue weighted by molar-refractivity contribution is -0.118. The van der Waals surface area contributed by atoms with E-state index in [0.29, 0.717) is 30.5 Å². The van der Waals surface area contributed by atoms with Crippen molar-refractivity contribution in [3.05, 3.63) is 41.7 Å². The van der Waals surface area contributed by atoms with Crippen molar-refractivity contribution in [2.75, 3.05) is 29.9 Å². The number of nitrogens with two attached hydrogens (primary N) is 1. The minimum atomic E-state index is 0.315. The fraction of sp³-hybridized carbons (Fsp3) is 0.409. The average Bonchev–Trinajstić information content (AvgIpc) is 3.22. The number of nitrogens with zero attached hydrogens (tertiary/aromatic N) is 3. The normalized spacial score (nSPS) is 17.6. The molecule has 0 atom stereocenters. The molecule has 3 heterocycles. The van der Waals surface area contributed by atoms with Crippen LogP contribution in [0.1, 0.15) is 30.4 Å². The molecule has 7 heteroatoms. The lowest BCUT2D eigenvalue weighted by atomic mass is 9.90. The lowest BCUT2D eigenvalue weighted by Crippen LogP contribution is -2.36. The predicted molar refractivity (Wildman–Crippen MR) is 113 cm³/mol. The molecule has 3 aromatic rings. The van der Waals surface area contributed by atoms with Crippen LogP contribution >= 0.6 is 0 Å². The van der Waals surface area contributed by atoms with E-state index in [2.05, 4.69) is 21.3 Å². The summed E-state index contributed by atoms with van der Waals surface area (Å²) in [5.74, 6) is 2.29. The summed E-state index contributed by atoms with van der Waals surface area (Å²) in [6.07, 6.45) is 5.75. The zero-order valence-electron chi connectivity index (χ0n) is 16.4. The smallest absolute Gasteiger partial charge is 0.229 e. The van der Waals surface area contributed by atoms with Gasteiger partial charge in [-0.25, -0.2) is 4.98 Å². The molecule has 5 rings (SSSR count). The quantitative estimate of drug-likeness (QED) is 0.705. The molecular formula is C22H25N5O2. The zero-order valence-corrected chi connectivity index (χ0v) is 16.4. The molecule has 1 fully saturated rings. The van der Waals surface area contributed by atoms with Crippen LogP contribution < -0.4 is 16.0 Å². The molecule has 0 spiro atoms. The van der Waals surface area contributed by atoms with E-state index in [1.807, 2.05) is 18.2 Å². The first-order chi connectivity index (χ1) is 14.2. The summed E-state index contributed by atoms with van der Waals surface area (Å²) in [6, 6.07) is 8.00. The summed E-state index contributed by atoms with van der Waals surface area (Å²) in [5, 5.41) is 3.35. The van der Waals surface area contributed by atoms with Gasteiger partial charge in [-0.15, -0.1) is 0 Å². The molecule has 7 nitrogen and oxygen atoms in total.